The van der Waals surface area contributed by atoms with Crippen LogP contribution in [0.4, 0.5) is 0 Å². The summed E-state index contributed by atoms with van der Waals surface area (Å²) in [5.74, 6) is 2.19. The molecule has 5 heteroatoms. The standard InChI is InChI=1S/C43H31N5/c1-5-15-30(16-6-1)38-29-39(45-40(44-38)31-17-7-2-8-18-31)36-25-13-23-34(27-36)35-24-14-26-37(28-35)43-47-41(32-19-9-3-10-20-32)46-42(48-43)33-21-11-4-12-22-33/h1-29,41H,(H,46,47,48). The molecule has 0 spiro atoms. The molecule has 228 valence electrons. The Balaban J connectivity index is 1.18. The second-order valence-corrected chi connectivity index (χ2v) is 11.6. The van der Waals surface area contributed by atoms with Crippen molar-refractivity contribution < 1.29 is 0 Å². The Labute approximate surface area is 280 Å². The van der Waals surface area contributed by atoms with Gasteiger partial charge in [-0.25, -0.2) is 20.0 Å². The predicted molar refractivity (Wildman–Crippen MR) is 196 cm³/mol. The topological polar surface area (TPSA) is 62.5 Å². The normalized spacial score (nSPS) is 14.0. The molecule has 0 radical (unpaired) electrons. The molecule has 6 aromatic carbocycles. The quantitative estimate of drug-likeness (QED) is 0.194. The Morgan fingerprint density at radius 1 is 0.396 bits per heavy atom. The molecule has 5 nitrogen and oxygen atoms in total. The zero-order valence-electron chi connectivity index (χ0n) is 26.1. The Hall–Kier alpha value is -6.46. The highest BCUT2D eigenvalue weighted by Crippen LogP contribution is 2.31. The maximum absolute atomic E-state index is 5.08. The summed E-state index contributed by atoms with van der Waals surface area (Å²) in [6.45, 7) is 0. The molecule has 0 aliphatic carbocycles. The van der Waals surface area contributed by atoms with Gasteiger partial charge in [-0.2, -0.15) is 0 Å². The lowest BCUT2D eigenvalue weighted by atomic mass is 9.98. The van der Waals surface area contributed by atoms with Gasteiger partial charge in [-0.3, -0.25) is 0 Å². The molecule has 1 aliphatic rings. The van der Waals surface area contributed by atoms with E-state index in [9.17, 15) is 0 Å². The number of aromatic nitrogens is 2. The van der Waals surface area contributed by atoms with Crippen molar-refractivity contribution in [3.8, 4) is 45.0 Å². The van der Waals surface area contributed by atoms with Crippen LogP contribution in [-0.2, 0) is 0 Å². The molecule has 1 atom stereocenters. The SMILES string of the molecule is c1ccc(C2=NC(c3cccc(-c4cccc(-c5cc(-c6ccccc6)nc(-c6ccccc6)n5)c4)c3)=NC(c3ccccc3)N2)cc1. The molecule has 0 amide bonds. The van der Waals surface area contributed by atoms with Gasteiger partial charge in [0, 0.05) is 27.8 Å². The fourth-order valence-electron chi connectivity index (χ4n) is 5.89. The second-order valence-electron chi connectivity index (χ2n) is 11.6. The fraction of sp³-hybridized carbons (Fsp3) is 0.0233. The number of amidine groups is 2. The average molecular weight is 618 g/mol. The molecule has 0 saturated carbocycles. The van der Waals surface area contributed by atoms with Crippen LogP contribution in [0.1, 0.15) is 22.9 Å². The number of benzene rings is 6. The van der Waals surface area contributed by atoms with E-state index < -0.39 is 0 Å². The minimum absolute atomic E-state index is 0.253. The third kappa shape index (κ3) is 6.17. The summed E-state index contributed by atoms with van der Waals surface area (Å²) in [7, 11) is 0. The van der Waals surface area contributed by atoms with Crippen molar-refractivity contribution in [1.82, 2.24) is 15.3 Å². The summed E-state index contributed by atoms with van der Waals surface area (Å²) >= 11 is 0. The molecule has 2 heterocycles. The number of rotatable bonds is 7. The summed E-state index contributed by atoms with van der Waals surface area (Å²) in [4.78, 5) is 20.1. The van der Waals surface area contributed by atoms with Crippen LogP contribution in [0.2, 0.25) is 0 Å². The highest BCUT2D eigenvalue weighted by molar-refractivity contribution is 6.13. The van der Waals surface area contributed by atoms with Crippen LogP contribution < -0.4 is 5.32 Å². The lowest BCUT2D eigenvalue weighted by Crippen LogP contribution is -2.33. The van der Waals surface area contributed by atoms with Gasteiger partial charge in [-0.05, 0) is 34.9 Å². The predicted octanol–water partition coefficient (Wildman–Crippen LogP) is 9.64. The Morgan fingerprint density at radius 2 is 0.875 bits per heavy atom. The van der Waals surface area contributed by atoms with Gasteiger partial charge in [0.2, 0.25) is 0 Å². The molecule has 0 saturated heterocycles. The summed E-state index contributed by atoms with van der Waals surface area (Å²) in [5, 5.41) is 3.54. The van der Waals surface area contributed by atoms with Crippen molar-refractivity contribution in [2.75, 3.05) is 0 Å². The van der Waals surface area contributed by atoms with Gasteiger partial charge in [0.1, 0.15) is 12.0 Å². The number of aliphatic imine (C=N–C) groups is 2. The van der Waals surface area contributed by atoms with E-state index in [0.717, 1.165) is 61.7 Å². The Morgan fingerprint density at radius 3 is 1.52 bits per heavy atom. The first-order chi connectivity index (χ1) is 23.8. The van der Waals surface area contributed by atoms with Gasteiger partial charge in [0.25, 0.3) is 0 Å². The molecule has 0 fully saturated rings. The summed E-state index contributed by atoms with van der Waals surface area (Å²) in [5.41, 5.74) is 10.0. The van der Waals surface area contributed by atoms with E-state index in [0.29, 0.717) is 11.7 Å². The molecule has 1 aromatic heterocycles. The molecule has 1 aliphatic heterocycles. The molecule has 0 bridgehead atoms. The van der Waals surface area contributed by atoms with E-state index in [1.807, 2.05) is 84.9 Å². The van der Waals surface area contributed by atoms with Crippen LogP contribution in [0.25, 0.3) is 45.0 Å². The van der Waals surface area contributed by atoms with Crippen LogP contribution in [0.5, 0.6) is 0 Å². The van der Waals surface area contributed by atoms with E-state index in [2.05, 4.69) is 96.3 Å². The van der Waals surface area contributed by atoms with Crippen LogP contribution in [-0.4, -0.2) is 21.6 Å². The van der Waals surface area contributed by atoms with Gasteiger partial charge in [0.15, 0.2) is 11.7 Å². The number of nitrogens with zero attached hydrogens (tertiary/aromatic N) is 4. The lowest BCUT2D eigenvalue weighted by Gasteiger charge is -2.23. The van der Waals surface area contributed by atoms with Gasteiger partial charge in [-0.15, -0.1) is 0 Å². The van der Waals surface area contributed by atoms with Crippen molar-refractivity contribution >= 4 is 11.7 Å². The summed E-state index contributed by atoms with van der Waals surface area (Å²) < 4.78 is 0. The number of nitrogens with one attached hydrogen (secondary N) is 1. The summed E-state index contributed by atoms with van der Waals surface area (Å²) in [6, 6.07) is 59.9. The fourth-order valence-corrected chi connectivity index (χ4v) is 5.89. The molecular weight excluding hydrogens is 587 g/mol. The smallest absolute Gasteiger partial charge is 0.160 e. The first-order valence-corrected chi connectivity index (χ1v) is 16.0. The lowest BCUT2D eigenvalue weighted by molar-refractivity contribution is 0.674. The largest absolute Gasteiger partial charge is 0.344 e. The molecular formula is C43H31N5. The third-order valence-corrected chi connectivity index (χ3v) is 8.35. The minimum Gasteiger partial charge on any atom is -0.344 e. The van der Waals surface area contributed by atoms with E-state index in [1.54, 1.807) is 0 Å². The Bertz CT molecular complexity index is 2190. The van der Waals surface area contributed by atoms with Crippen molar-refractivity contribution in [1.29, 1.82) is 0 Å². The zero-order valence-corrected chi connectivity index (χ0v) is 26.1. The second kappa shape index (κ2) is 13.1. The third-order valence-electron chi connectivity index (χ3n) is 8.35. The molecule has 1 N–H and O–H groups in total. The highest BCUT2D eigenvalue weighted by Gasteiger charge is 2.21. The zero-order chi connectivity index (χ0) is 32.1. The van der Waals surface area contributed by atoms with E-state index >= 15 is 0 Å². The number of hydrogen-bond donors (Lipinski definition) is 1. The van der Waals surface area contributed by atoms with E-state index in [-0.39, 0.29) is 6.17 Å². The van der Waals surface area contributed by atoms with Gasteiger partial charge in [0.05, 0.1) is 11.4 Å². The van der Waals surface area contributed by atoms with E-state index in [1.165, 1.54) is 0 Å². The number of hydrogen-bond acceptors (Lipinski definition) is 5. The van der Waals surface area contributed by atoms with Crippen LogP contribution >= 0.6 is 0 Å². The van der Waals surface area contributed by atoms with Crippen LogP contribution in [0.15, 0.2) is 186 Å². The average Bonchev–Trinajstić information content (AvgIpc) is 3.19. The molecule has 1 unspecified atom stereocenters. The first kappa shape index (κ1) is 29.0. The van der Waals surface area contributed by atoms with Crippen molar-refractivity contribution in [3.63, 3.8) is 0 Å². The molecule has 48 heavy (non-hydrogen) atoms. The van der Waals surface area contributed by atoms with E-state index in [4.69, 9.17) is 20.0 Å². The van der Waals surface area contributed by atoms with Gasteiger partial charge >= 0.3 is 0 Å². The maximum atomic E-state index is 5.08. The van der Waals surface area contributed by atoms with Crippen LogP contribution in [0.3, 0.4) is 0 Å². The molecule has 8 rings (SSSR count). The molecule has 7 aromatic rings. The Kier molecular flexibility index (Phi) is 7.91. The summed E-state index contributed by atoms with van der Waals surface area (Å²) in [6.07, 6.45) is -0.253. The first-order valence-electron chi connectivity index (χ1n) is 16.0. The monoisotopic (exact) mass is 617 g/mol. The van der Waals surface area contributed by atoms with Crippen LogP contribution in [0, 0.1) is 0 Å². The van der Waals surface area contributed by atoms with Crippen molar-refractivity contribution in [2.45, 2.75) is 6.17 Å². The van der Waals surface area contributed by atoms with Crippen molar-refractivity contribution in [3.05, 3.63) is 193 Å². The maximum Gasteiger partial charge on any atom is 0.160 e. The van der Waals surface area contributed by atoms with Crippen molar-refractivity contribution in [2.24, 2.45) is 9.98 Å². The minimum atomic E-state index is -0.253. The highest BCUT2D eigenvalue weighted by atomic mass is 15.2. The van der Waals surface area contributed by atoms with Gasteiger partial charge in [-0.1, -0.05) is 158 Å². The van der Waals surface area contributed by atoms with Gasteiger partial charge < -0.3 is 5.32 Å².